The molecule has 0 saturated carbocycles. The van der Waals surface area contributed by atoms with Crippen LogP contribution in [0.15, 0.2) is 12.4 Å². The van der Waals surface area contributed by atoms with Gasteiger partial charge in [0, 0.05) is 18.3 Å². The Kier molecular flexibility index (Phi) is 3.49. The van der Waals surface area contributed by atoms with Crippen molar-refractivity contribution in [2.24, 2.45) is 5.92 Å². The van der Waals surface area contributed by atoms with Crippen LogP contribution in [0.4, 0.5) is 5.95 Å². The van der Waals surface area contributed by atoms with Crippen molar-refractivity contribution in [1.29, 1.82) is 0 Å². The van der Waals surface area contributed by atoms with Gasteiger partial charge in [-0.3, -0.25) is 10.1 Å². The van der Waals surface area contributed by atoms with Crippen molar-refractivity contribution in [3.05, 3.63) is 12.4 Å². The minimum Gasteiger partial charge on any atom is -0.331 e. The van der Waals surface area contributed by atoms with Crippen LogP contribution in [0.25, 0.3) is 0 Å². The van der Waals surface area contributed by atoms with Gasteiger partial charge in [-0.1, -0.05) is 20.3 Å². The number of amides is 1. The van der Waals surface area contributed by atoms with Crippen LogP contribution < -0.4 is 5.32 Å². The summed E-state index contributed by atoms with van der Waals surface area (Å²) in [6.45, 7) is 3.98. The molecule has 1 aromatic heterocycles. The second-order valence-corrected chi connectivity index (χ2v) is 3.12. The lowest BCUT2D eigenvalue weighted by molar-refractivity contribution is -0.119. The molecule has 1 heterocycles. The molecule has 0 aromatic carbocycles. The molecule has 0 radical (unpaired) electrons. The lowest BCUT2D eigenvalue weighted by Crippen LogP contribution is -2.20. The molecule has 1 aromatic rings. The van der Waals surface area contributed by atoms with Gasteiger partial charge < -0.3 is 4.98 Å². The molecule has 4 heteroatoms. The zero-order valence-corrected chi connectivity index (χ0v) is 8.00. The maximum absolute atomic E-state index is 11.4. The zero-order chi connectivity index (χ0) is 9.68. The highest BCUT2D eigenvalue weighted by Crippen LogP contribution is 2.07. The number of hydrogen-bond donors (Lipinski definition) is 2. The molecule has 0 spiro atoms. The van der Waals surface area contributed by atoms with Crippen LogP contribution in [-0.4, -0.2) is 15.9 Å². The van der Waals surface area contributed by atoms with E-state index in [0.717, 1.165) is 12.8 Å². The van der Waals surface area contributed by atoms with E-state index in [1.54, 1.807) is 12.4 Å². The van der Waals surface area contributed by atoms with Crippen molar-refractivity contribution in [2.75, 3.05) is 5.32 Å². The maximum atomic E-state index is 11.4. The molecular formula is C9H15N3O. The summed E-state index contributed by atoms with van der Waals surface area (Å²) in [5, 5.41) is 2.70. The van der Waals surface area contributed by atoms with Crippen LogP contribution in [0.5, 0.6) is 0 Å². The van der Waals surface area contributed by atoms with Gasteiger partial charge in [0.2, 0.25) is 11.9 Å². The lowest BCUT2D eigenvalue weighted by Gasteiger charge is -2.08. The molecule has 0 aliphatic carbocycles. The second kappa shape index (κ2) is 4.64. The number of aromatic amines is 1. The van der Waals surface area contributed by atoms with Gasteiger partial charge >= 0.3 is 0 Å². The van der Waals surface area contributed by atoms with E-state index >= 15 is 0 Å². The summed E-state index contributed by atoms with van der Waals surface area (Å²) in [7, 11) is 0. The van der Waals surface area contributed by atoms with Crippen molar-refractivity contribution in [2.45, 2.75) is 26.7 Å². The van der Waals surface area contributed by atoms with Gasteiger partial charge in [-0.15, -0.1) is 0 Å². The highest BCUT2D eigenvalue weighted by Gasteiger charge is 2.12. The number of hydrogen-bond acceptors (Lipinski definition) is 2. The number of nitrogens with zero attached hydrogens (tertiary/aromatic N) is 1. The monoisotopic (exact) mass is 181 g/mol. The van der Waals surface area contributed by atoms with E-state index in [1.165, 1.54) is 0 Å². The summed E-state index contributed by atoms with van der Waals surface area (Å²) in [5.41, 5.74) is 0. The molecule has 1 amide bonds. The Bertz CT molecular complexity index is 256. The van der Waals surface area contributed by atoms with Crippen LogP contribution in [0.3, 0.4) is 0 Å². The van der Waals surface area contributed by atoms with E-state index in [0.29, 0.717) is 5.95 Å². The fraction of sp³-hybridized carbons (Fsp3) is 0.556. The topological polar surface area (TPSA) is 57.8 Å². The molecule has 0 saturated heterocycles. The van der Waals surface area contributed by atoms with Gasteiger partial charge in [-0.05, 0) is 6.42 Å². The predicted molar refractivity (Wildman–Crippen MR) is 51.3 cm³/mol. The number of carbonyl (C=O) groups is 1. The zero-order valence-electron chi connectivity index (χ0n) is 8.00. The van der Waals surface area contributed by atoms with E-state index in [-0.39, 0.29) is 11.8 Å². The minimum absolute atomic E-state index is 0.0248. The summed E-state index contributed by atoms with van der Waals surface area (Å²) in [4.78, 5) is 18.2. The number of anilines is 1. The molecule has 2 N–H and O–H groups in total. The standard InChI is InChI=1S/C9H15N3O/c1-3-4-7(2)8(13)12-9-10-5-6-11-9/h5-7H,3-4H2,1-2H3,(H2,10,11,12,13). The van der Waals surface area contributed by atoms with Crippen molar-refractivity contribution < 1.29 is 4.79 Å². The van der Waals surface area contributed by atoms with Gasteiger partial charge in [-0.2, -0.15) is 0 Å². The van der Waals surface area contributed by atoms with Crippen LogP contribution in [-0.2, 0) is 4.79 Å². The molecule has 1 rings (SSSR count). The third kappa shape index (κ3) is 2.89. The fourth-order valence-corrected chi connectivity index (χ4v) is 1.14. The fourth-order valence-electron chi connectivity index (χ4n) is 1.14. The SMILES string of the molecule is CCCC(C)C(=O)Nc1ncc[nH]1. The van der Waals surface area contributed by atoms with Crippen molar-refractivity contribution in [3.8, 4) is 0 Å². The second-order valence-electron chi connectivity index (χ2n) is 3.12. The summed E-state index contributed by atoms with van der Waals surface area (Å²) in [6.07, 6.45) is 5.22. The average molecular weight is 181 g/mol. The van der Waals surface area contributed by atoms with Gasteiger partial charge in [0.05, 0.1) is 0 Å². The lowest BCUT2D eigenvalue weighted by atomic mass is 10.1. The minimum atomic E-state index is 0.0248. The molecule has 1 unspecified atom stereocenters. The summed E-state index contributed by atoms with van der Waals surface area (Å²) >= 11 is 0. The van der Waals surface area contributed by atoms with Crippen LogP contribution in [0, 0.1) is 5.92 Å². The highest BCUT2D eigenvalue weighted by atomic mass is 16.2. The Morgan fingerprint density at radius 3 is 3.08 bits per heavy atom. The summed E-state index contributed by atoms with van der Waals surface area (Å²) < 4.78 is 0. The first-order valence-electron chi connectivity index (χ1n) is 4.54. The molecule has 1 atom stereocenters. The highest BCUT2D eigenvalue weighted by molar-refractivity contribution is 5.90. The Labute approximate surface area is 77.8 Å². The van der Waals surface area contributed by atoms with E-state index in [2.05, 4.69) is 22.2 Å². The molecule has 13 heavy (non-hydrogen) atoms. The van der Waals surface area contributed by atoms with Crippen LogP contribution in [0.1, 0.15) is 26.7 Å². The van der Waals surface area contributed by atoms with Gasteiger partial charge in [0.15, 0.2) is 0 Å². The molecule has 4 nitrogen and oxygen atoms in total. The Morgan fingerprint density at radius 2 is 2.54 bits per heavy atom. The number of imidazole rings is 1. The first kappa shape index (κ1) is 9.77. The Morgan fingerprint density at radius 1 is 1.77 bits per heavy atom. The third-order valence-corrected chi connectivity index (χ3v) is 1.91. The van der Waals surface area contributed by atoms with Gasteiger partial charge in [0.1, 0.15) is 0 Å². The van der Waals surface area contributed by atoms with Crippen molar-refractivity contribution >= 4 is 11.9 Å². The normalized spacial score (nSPS) is 12.5. The summed E-state index contributed by atoms with van der Waals surface area (Å²) in [5.74, 6) is 0.597. The predicted octanol–water partition coefficient (Wildman–Crippen LogP) is 1.78. The molecule has 0 bridgehead atoms. The number of carbonyl (C=O) groups excluding carboxylic acids is 1. The number of H-pyrrole nitrogens is 1. The average Bonchev–Trinajstić information content (AvgIpc) is 2.57. The Balaban J connectivity index is 2.41. The first-order chi connectivity index (χ1) is 6.24. The first-order valence-corrected chi connectivity index (χ1v) is 4.54. The van der Waals surface area contributed by atoms with Crippen LogP contribution >= 0.6 is 0 Å². The smallest absolute Gasteiger partial charge is 0.229 e. The van der Waals surface area contributed by atoms with Crippen molar-refractivity contribution in [3.63, 3.8) is 0 Å². The van der Waals surface area contributed by atoms with Gasteiger partial charge in [0.25, 0.3) is 0 Å². The Hall–Kier alpha value is -1.32. The van der Waals surface area contributed by atoms with Gasteiger partial charge in [-0.25, -0.2) is 4.98 Å². The molecular weight excluding hydrogens is 166 g/mol. The quantitative estimate of drug-likeness (QED) is 0.743. The third-order valence-electron chi connectivity index (χ3n) is 1.91. The van der Waals surface area contributed by atoms with Crippen molar-refractivity contribution in [1.82, 2.24) is 9.97 Å². The summed E-state index contributed by atoms with van der Waals surface area (Å²) in [6, 6.07) is 0. The van der Waals surface area contributed by atoms with E-state index in [9.17, 15) is 4.79 Å². The molecule has 0 aliphatic rings. The molecule has 0 fully saturated rings. The van der Waals surface area contributed by atoms with E-state index in [4.69, 9.17) is 0 Å². The number of nitrogens with one attached hydrogen (secondary N) is 2. The largest absolute Gasteiger partial charge is 0.331 e. The van der Waals surface area contributed by atoms with E-state index in [1.807, 2.05) is 6.92 Å². The molecule has 72 valence electrons. The maximum Gasteiger partial charge on any atom is 0.229 e. The number of rotatable bonds is 4. The van der Waals surface area contributed by atoms with E-state index < -0.39 is 0 Å². The molecule has 0 aliphatic heterocycles. The van der Waals surface area contributed by atoms with Crippen LogP contribution in [0.2, 0.25) is 0 Å². The number of aromatic nitrogens is 2.